The Morgan fingerprint density at radius 2 is 2.06 bits per heavy atom. The van der Waals surface area contributed by atoms with Gasteiger partial charge in [0.25, 0.3) is 0 Å². The van der Waals surface area contributed by atoms with Crippen molar-refractivity contribution in [3.8, 4) is 5.69 Å². The first-order valence-electron chi connectivity index (χ1n) is 5.71. The highest BCUT2D eigenvalue weighted by molar-refractivity contribution is 6.88. The Labute approximate surface area is 112 Å². The number of nitrogens with zero attached hydrogens (tertiary/aromatic N) is 3. The first-order valence-corrected chi connectivity index (χ1v) is 9.59. The largest absolute Gasteiger partial charge is 0.232 e. The fraction of sp³-hybridized carbons (Fsp3) is 0.333. The third kappa shape index (κ3) is 2.63. The third-order valence-electron chi connectivity index (χ3n) is 2.71. The second-order valence-corrected chi connectivity index (χ2v) is 10.6. The van der Waals surface area contributed by atoms with Crippen molar-refractivity contribution < 1.29 is 5.11 Å². The van der Waals surface area contributed by atoms with E-state index in [2.05, 4.69) is 30.0 Å². The lowest BCUT2D eigenvalue weighted by Gasteiger charge is -2.10. The molecule has 0 aliphatic heterocycles. The molecule has 0 aliphatic rings. The standard InChI is InChI=1S/C12H15ClN3OSi/c1-18(2,3)12-7-16(15-14-12)10-4-5-11(13)9(6-10)8-17/h4-7H,8H2,1-3H3. The van der Waals surface area contributed by atoms with Gasteiger partial charge < -0.3 is 0 Å². The lowest BCUT2D eigenvalue weighted by Crippen LogP contribution is -2.38. The molecule has 1 radical (unpaired) electrons. The molecule has 2 rings (SSSR count). The van der Waals surface area contributed by atoms with Gasteiger partial charge in [0.2, 0.25) is 0 Å². The van der Waals surface area contributed by atoms with Crippen LogP contribution in [0.2, 0.25) is 24.7 Å². The molecule has 0 unspecified atom stereocenters. The summed E-state index contributed by atoms with van der Waals surface area (Å²) in [5, 5.41) is 20.8. The van der Waals surface area contributed by atoms with Crippen LogP contribution >= 0.6 is 11.6 Å². The normalized spacial score (nSPS) is 11.8. The molecular weight excluding hydrogens is 266 g/mol. The second-order valence-electron chi connectivity index (χ2n) is 5.22. The maximum atomic E-state index is 11.0. The Morgan fingerprint density at radius 3 is 2.61 bits per heavy atom. The van der Waals surface area contributed by atoms with Crippen LogP contribution in [-0.4, -0.2) is 23.1 Å². The van der Waals surface area contributed by atoms with Gasteiger partial charge in [-0.05, 0) is 18.2 Å². The van der Waals surface area contributed by atoms with E-state index in [1.165, 1.54) is 0 Å². The van der Waals surface area contributed by atoms with E-state index in [4.69, 9.17) is 11.6 Å². The van der Waals surface area contributed by atoms with Crippen molar-refractivity contribution in [3.05, 3.63) is 35.0 Å². The lowest BCUT2D eigenvalue weighted by atomic mass is 10.2. The number of benzene rings is 1. The van der Waals surface area contributed by atoms with Gasteiger partial charge in [0, 0.05) is 16.8 Å². The fourth-order valence-electron chi connectivity index (χ4n) is 1.55. The van der Waals surface area contributed by atoms with Crippen LogP contribution in [0.1, 0.15) is 5.56 Å². The highest BCUT2D eigenvalue weighted by Crippen LogP contribution is 2.19. The zero-order chi connectivity index (χ0) is 13.3. The quantitative estimate of drug-likeness (QED) is 0.811. The molecule has 0 aliphatic carbocycles. The summed E-state index contributed by atoms with van der Waals surface area (Å²) in [6, 6.07) is 5.32. The zero-order valence-corrected chi connectivity index (χ0v) is 12.4. The van der Waals surface area contributed by atoms with Crippen molar-refractivity contribution in [2.45, 2.75) is 26.2 Å². The summed E-state index contributed by atoms with van der Waals surface area (Å²) in [6.45, 7) is 6.31. The summed E-state index contributed by atoms with van der Waals surface area (Å²) >= 11 is 5.92. The predicted octanol–water partition coefficient (Wildman–Crippen LogP) is 2.40. The summed E-state index contributed by atoms with van der Waals surface area (Å²) in [4.78, 5) is 0. The average Bonchev–Trinajstić information content (AvgIpc) is 2.78. The molecule has 4 nitrogen and oxygen atoms in total. The minimum absolute atomic E-state index is 0.331. The van der Waals surface area contributed by atoms with Crippen LogP contribution in [-0.2, 0) is 11.7 Å². The number of aromatic nitrogens is 3. The van der Waals surface area contributed by atoms with Crippen LogP contribution in [0.15, 0.2) is 24.4 Å². The number of halogens is 1. The summed E-state index contributed by atoms with van der Waals surface area (Å²) in [6.07, 6.45) is 1.93. The van der Waals surface area contributed by atoms with Crippen LogP contribution in [0, 0.1) is 0 Å². The van der Waals surface area contributed by atoms with Crippen molar-refractivity contribution in [2.24, 2.45) is 0 Å². The summed E-state index contributed by atoms with van der Waals surface area (Å²) < 4.78 is 1.70. The molecule has 95 valence electrons. The molecule has 0 spiro atoms. The highest BCUT2D eigenvalue weighted by Gasteiger charge is 2.20. The van der Waals surface area contributed by atoms with Crippen molar-refractivity contribution in [1.82, 2.24) is 15.0 Å². The maximum Gasteiger partial charge on any atom is 0.109 e. The van der Waals surface area contributed by atoms with Crippen molar-refractivity contribution >= 4 is 25.0 Å². The molecule has 1 aromatic heterocycles. The maximum absolute atomic E-state index is 11.0. The molecule has 1 aromatic carbocycles. The van der Waals surface area contributed by atoms with E-state index in [1.807, 2.05) is 12.3 Å². The van der Waals surface area contributed by atoms with Gasteiger partial charge in [0.05, 0.1) is 11.0 Å². The van der Waals surface area contributed by atoms with E-state index in [0.29, 0.717) is 10.6 Å². The minimum atomic E-state index is -1.46. The van der Waals surface area contributed by atoms with Crippen molar-refractivity contribution in [1.29, 1.82) is 0 Å². The highest BCUT2D eigenvalue weighted by atomic mass is 35.5. The van der Waals surface area contributed by atoms with E-state index in [-0.39, 0.29) is 6.61 Å². The van der Waals surface area contributed by atoms with Crippen LogP contribution in [0.3, 0.4) is 0 Å². The molecular formula is C12H15ClN3OSi. The fourth-order valence-corrected chi connectivity index (χ4v) is 2.57. The molecule has 18 heavy (non-hydrogen) atoms. The van der Waals surface area contributed by atoms with Gasteiger partial charge in [0.1, 0.15) is 14.7 Å². The smallest absolute Gasteiger partial charge is 0.109 e. The Morgan fingerprint density at radius 1 is 1.33 bits per heavy atom. The molecule has 0 fully saturated rings. The first-order chi connectivity index (χ1) is 8.41. The van der Waals surface area contributed by atoms with Gasteiger partial charge in [-0.15, -0.1) is 5.10 Å². The number of hydrogen-bond acceptors (Lipinski definition) is 2. The zero-order valence-electron chi connectivity index (χ0n) is 10.6. The SMILES string of the molecule is C[Si](C)(C)c1cn(-c2ccc(Cl)c(C[O])c2)nn1. The Hall–Kier alpha value is -1.17. The molecule has 0 N–H and O–H groups in total. The van der Waals surface area contributed by atoms with E-state index in [9.17, 15) is 5.11 Å². The number of rotatable bonds is 3. The minimum Gasteiger partial charge on any atom is -0.232 e. The molecule has 2 aromatic rings. The van der Waals surface area contributed by atoms with Crippen molar-refractivity contribution in [2.75, 3.05) is 0 Å². The van der Waals surface area contributed by atoms with Crippen LogP contribution in [0.25, 0.3) is 5.69 Å². The van der Waals surface area contributed by atoms with Crippen molar-refractivity contribution in [3.63, 3.8) is 0 Å². The second kappa shape index (κ2) is 4.83. The van der Waals surface area contributed by atoms with Crippen LogP contribution in [0.4, 0.5) is 0 Å². The Bertz CT molecular complexity index is 563. The van der Waals surface area contributed by atoms with Gasteiger partial charge in [-0.1, -0.05) is 36.5 Å². The molecule has 0 amide bonds. The predicted molar refractivity (Wildman–Crippen MR) is 73.7 cm³/mol. The summed E-state index contributed by atoms with van der Waals surface area (Å²) in [5.41, 5.74) is 1.40. The van der Waals surface area contributed by atoms with Gasteiger partial charge in [0.15, 0.2) is 0 Å². The summed E-state index contributed by atoms with van der Waals surface area (Å²) in [5.74, 6) is 0. The molecule has 1 heterocycles. The van der Waals surface area contributed by atoms with Crippen LogP contribution < -0.4 is 5.32 Å². The third-order valence-corrected chi connectivity index (χ3v) is 4.85. The van der Waals surface area contributed by atoms with Gasteiger partial charge >= 0.3 is 0 Å². The molecule has 6 heteroatoms. The lowest BCUT2D eigenvalue weighted by molar-refractivity contribution is 0.177. The molecule has 0 bridgehead atoms. The van der Waals surface area contributed by atoms with E-state index in [1.54, 1.807) is 16.8 Å². The summed E-state index contributed by atoms with van der Waals surface area (Å²) in [7, 11) is -1.46. The molecule has 0 atom stereocenters. The van der Waals surface area contributed by atoms with E-state index >= 15 is 0 Å². The van der Waals surface area contributed by atoms with Gasteiger partial charge in [-0.3, -0.25) is 0 Å². The monoisotopic (exact) mass is 280 g/mol. The van der Waals surface area contributed by atoms with E-state index < -0.39 is 8.07 Å². The Balaban J connectivity index is 2.40. The average molecular weight is 281 g/mol. The molecule has 0 saturated carbocycles. The number of hydrogen-bond donors (Lipinski definition) is 0. The first kappa shape index (κ1) is 13.3. The van der Waals surface area contributed by atoms with Crippen LogP contribution in [0.5, 0.6) is 0 Å². The topological polar surface area (TPSA) is 50.6 Å². The van der Waals surface area contributed by atoms with Gasteiger partial charge in [-0.25, -0.2) is 9.79 Å². The molecule has 0 saturated heterocycles. The van der Waals surface area contributed by atoms with E-state index in [0.717, 1.165) is 11.0 Å². The Kier molecular flexibility index (Phi) is 3.56. The van der Waals surface area contributed by atoms with Gasteiger partial charge in [-0.2, -0.15) is 0 Å².